The number of ether oxygens (including phenoxy) is 3. The van der Waals surface area contributed by atoms with E-state index in [1.165, 1.54) is 38.4 Å². The molecule has 0 bridgehead atoms. The molecule has 1 unspecified atom stereocenters. The molecule has 0 saturated carbocycles. The summed E-state index contributed by atoms with van der Waals surface area (Å²) in [7, 11) is 5.00. The number of para-hydroxylation sites is 1. The van der Waals surface area contributed by atoms with Crippen molar-refractivity contribution in [1.82, 2.24) is 75.5 Å². The second kappa shape index (κ2) is 42.0. The zero-order chi connectivity index (χ0) is 88.8. The van der Waals surface area contributed by atoms with E-state index in [1.54, 1.807) is 53.5 Å². The Morgan fingerprint density at radius 2 is 0.791 bits per heavy atom. The number of aromatic nitrogens is 11. The summed E-state index contributed by atoms with van der Waals surface area (Å²) in [5, 5.41) is 49.7. The molecule has 652 valence electrons. The van der Waals surface area contributed by atoms with Gasteiger partial charge in [-0.2, -0.15) is 0 Å². The van der Waals surface area contributed by atoms with Gasteiger partial charge in [-0.25, -0.2) is 0 Å². The minimum absolute atomic E-state index is 0.0163. The van der Waals surface area contributed by atoms with Gasteiger partial charge >= 0.3 is 0 Å². The number of fused-ring (bicyclic) bond motifs is 4. The van der Waals surface area contributed by atoms with Gasteiger partial charge in [-0.3, -0.25) is 19.4 Å². The molecule has 129 heavy (non-hydrogen) atoms. The highest BCUT2D eigenvalue weighted by Crippen LogP contribution is 2.33. The summed E-state index contributed by atoms with van der Waals surface area (Å²) < 4.78 is 22.7. The molecule has 1 aliphatic rings. The third kappa shape index (κ3) is 22.2. The van der Waals surface area contributed by atoms with E-state index in [9.17, 15) is 14.4 Å². The Balaban J connectivity index is 0.000000142. The molecule has 1 saturated heterocycles. The number of nitrogens with one attached hydrogen (secondary N) is 5. The van der Waals surface area contributed by atoms with Crippen LogP contribution in [0.25, 0.3) is 43.2 Å². The summed E-state index contributed by atoms with van der Waals surface area (Å²) in [6, 6.07) is 101. The number of pyridine rings is 1. The van der Waals surface area contributed by atoms with Crippen LogP contribution < -0.4 is 41.2 Å². The minimum Gasteiger partial charge on any atom is -0.497 e. The number of hydrogen-bond donors (Lipinski definition) is 6. The molecule has 6 heterocycles. The maximum Gasteiger partial charge on any atom is 0.270 e. The first-order chi connectivity index (χ1) is 63.1. The molecule has 7 N–H and O–H groups in total. The Kier molecular flexibility index (Phi) is 28.6. The smallest absolute Gasteiger partial charge is 0.270 e. The molecule has 0 aliphatic carbocycles. The average Bonchev–Trinajstić information content (AvgIpc) is 1.79. The standard InChI is InChI=1S/C36H38N6O2.C36H33N5O2.C35H37N5O2/c1-36(2,37)35(43)39-32(21-26-11-8-10-25-9-4-5-12-29(25)26)34-41-40-33(42(34)23-24-15-18-28(44-3)19-16-24)20-17-27-22-38-31-14-7-6-13-30(27)31;1-43-30-20-17-27(18-21-30)25-41-34(22-19-26-10-3-2-4-11-26)39-40-35(41)33(38-36(42)32-16-7-8-23-37-32)24-29-14-9-13-28-12-5-6-15-31(28)29;1-42-29-19-16-26(17-20-29)24-40-33(21-18-25-9-3-2-4-10-25)38-39-34(40)32(37-35(41)31-15-8-22-36-31)23-28-13-7-12-27-11-5-6-14-30(27)28/h4-16,18-19,22,32,38H,17,20-21,23,37H2,1-3H3,(H,39,43);2-18,20-21,23,33H,19,22,24-25H2,1H3,(H,38,42);2-7,9-14,16-17,19-20,31-32,36H,8,15,18,21-24H2,1H3,(H,37,41)/t32-;33-;31?,32-/m111/s1. The lowest BCUT2D eigenvalue weighted by molar-refractivity contribution is -0.126. The largest absolute Gasteiger partial charge is 0.497 e. The van der Waals surface area contributed by atoms with Gasteiger partial charge in [0, 0.05) is 61.8 Å². The number of aromatic amines is 1. The van der Waals surface area contributed by atoms with Gasteiger partial charge in [-0.15, -0.1) is 30.6 Å². The van der Waals surface area contributed by atoms with E-state index >= 15 is 0 Å². The molecule has 1 aliphatic heterocycles. The van der Waals surface area contributed by atoms with Crippen molar-refractivity contribution in [2.24, 2.45) is 5.73 Å². The topological polar surface area (TPSA) is 274 Å². The summed E-state index contributed by atoms with van der Waals surface area (Å²) in [6.45, 7) is 5.99. The van der Waals surface area contributed by atoms with Crippen molar-refractivity contribution in [3.05, 3.63) is 406 Å². The number of H-pyrrole nitrogens is 1. The molecule has 3 amide bonds. The molecule has 12 aromatic carbocycles. The highest BCUT2D eigenvalue weighted by molar-refractivity contribution is 5.93. The number of aryl methyl sites for hydroxylation is 6. The zero-order valence-corrected chi connectivity index (χ0v) is 73.4. The summed E-state index contributed by atoms with van der Waals surface area (Å²) >= 11 is 0. The molecular formula is C107H108N16O6. The Hall–Kier alpha value is -14.7. The fourth-order valence-corrected chi connectivity index (χ4v) is 17.0. The Morgan fingerprint density at radius 3 is 1.20 bits per heavy atom. The van der Waals surface area contributed by atoms with Gasteiger partial charge in [0.05, 0.1) is 70.7 Å². The average molecular weight is 1710 g/mol. The van der Waals surface area contributed by atoms with Crippen LogP contribution in [0.15, 0.2) is 316 Å². The fourth-order valence-electron chi connectivity index (χ4n) is 17.0. The van der Waals surface area contributed by atoms with E-state index in [-0.39, 0.29) is 29.8 Å². The van der Waals surface area contributed by atoms with Gasteiger partial charge in [-0.05, 0) is 189 Å². The van der Waals surface area contributed by atoms with Crippen LogP contribution in [0.3, 0.4) is 0 Å². The van der Waals surface area contributed by atoms with Gasteiger partial charge in [0.25, 0.3) is 5.91 Å². The van der Waals surface area contributed by atoms with Gasteiger partial charge in [0.1, 0.15) is 40.4 Å². The number of carbonyl (C=O) groups is 3. The molecule has 0 radical (unpaired) electrons. The molecule has 17 aromatic rings. The van der Waals surface area contributed by atoms with Crippen LogP contribution >= 0.6 is 0 Å². The second-order valence-corrected chi connectivity index (χ2v) is 33.3. The number of benzene rings is 12. The Labute approximate surface area is 751 Å². The van der Waals surface area contributed by atoms with Crippen molar-refractivity contribution in [2.75, 3.05) is 27.9 Å². The Bertz CT molecular complexity index is 6570. The van der Waals surface area contributed by atoms with E-state index < -0.39 is 17.6 Å². The molecule has 4 atom stereocenters. The highest BCUT2D eigenvalue weighted by Gasteiger charge is 2.33. The van der Waals surface area contributed by atoms with E-state index in [0.717, 1.165) is 140 Å². The van der Waals surface area contributed by atoms with Crippen molar-refractivity contribution in [3.63, 3.8) is 0 Å². The first-order valence-corrected chi connectivity index (χ1v) is 44.2. The van der Waals surface area contributed by atoms with Crippen LogP contribution in [0.5, 0.6) is 17.2 Å². The summed E-state index contributed by atoms with van der Waals surface area (Å²) in [5.41, 5.74) is 17.1. The SMILES string of the molecule is COc1ccc(Cn2c(CCc3c[nH]c4ccccc34)nnc2[C@@H](Cc2cccc3ccccc23)NC(=O)C(C)(C)N)cc1.COc1ccc(Cn2c(CCc3ccccc3)nnc2[C@@H](Cc2cccc3ccccc23)NC(=O)C2CCCN2)cc1.COc1ccc(Cn2c(CCc3ccccc3)nnc2[C@@H](Cc2cccc3ccccc23)NC(=O)c2ccccn2)cc1. The van der Waals surface area contributed by atoms with Crippen LogP contribution in [-0.2, 0) is 87.0 Å². The third-order valence-electron chi connectivity index (χ3n) is 24.0. The third-order valence-corrected chi connectivity index (χ3v) is 24.0. The summed E-state index contributed by atoms with van der Waals surface area (Å²) in [5.74, 6) is 6.72. The lowest BCUT2D eigenvalue weighted by Gasteiger charge is -2.25. The first kappa shape index (κ1) is 87.7. The minimum atomic E-state index is -1.06. The number of hydrogen-bond acceptors (Lipinski definition) is 15. The predicted molar refractivity (Wildman–Crippen MR) is 508 cm³/mol. The predicted octanol–water partition coefficient (Wildman–Crippen LogP) is 17.7. The number of nitrogens with two attached hydrogens (primary N) is 1. The number of nitrogens with zero attached hydrogens (tertiary/aromatic N) is 10. The van der Waals surface area contributed by atoms with Crippen LogP contribution in [0.1, 0.15) is 140 Å². The van der Waals surface area contributed by atoms with Gasteiger partial charge in [-0.1, -0.05) is 249 Å². The van der Waals surface area contributed by atoms with Crippen molar-refractivity contribution < 1.29 is 28.6 Å². The van der Waals surface area contributed by atoms with E-state index in [0.29, 0.717) is 69.1 Å². The molecule has 5 aromatic heterocycles. The van der Waals surface area contributed by atoms with Crippen molar-refractivity contribution in [3.8, 4) is 17.2 Å². The molecule has 22 heteroatoms. The first-order valence-electron chi connectivity index (χ1n) is 44.2. The monoisotopic (exact) mass is 1710 g/mol. The van der Waals surface area contributed by atoms with E-state index in [2.05, 4.69) is 250 Å². The molecule has 1 fully saturated rings. The lowest BCUT2D eigenvalue weighted by atomic mass is 9.97. The number of rotatable bonds is 33. The maximum atomic E-state index is 13.5. The summed E-state index contributed by atoms with van der Waals surface area (Å²) in [4.78, 5) is 48.0. The van der Waals surface area contributed by atoms with Crippen molar-refractivity contribution in [1.29, 1.82) is 0 Å². The fraction of sp³-hybridized carbons (Fsp3) is 0.234. The summed E-state index contributed by atoms with van der Waals surface area (Å²) in [6.07, 6.45) is 11.8. The number of methoxy groups -OCH3 is 3. The second-order valence-electron chi connectivity index (χ2n) is 33.3. The van der Waals surface area contributed by atoms with E-state index in [1.807, 2.05) is 97.1 Å². The van der Waals surface area contributed by atoms with Crippen LogP contribution in [-0.4, -0.2) is 111 Å². The molecule has 18 rings (SSSR count). The van der Waals surface area contributed by atoms with Crippen molar-refractivity contribution in [2.45, 2.75) is 134 Å². The number of carbonyl (C=O) groups excluding carboxylic acids is 3. The van der Waals surface area contributed by atoms with Crippen LogP contribution in [0, 0.1) is 0 Å². The van der Waals surface area contributed by atoms with Gasteiger partial charge in [0.15, 0.2) is 17.5 Å². The normalized spacial score (nSPS) is 13.2. The number of amides is 3. The van der Waals surface area contributed by atoms with Crippen LogP contribution in [0.2, 0.25) is 0 Å². The lowest BCUT2D eigenvalue weighted by Crippen LogP contribution is -2.50. The van der Waals surface area contributed by atoms with E-state index in [4.69, 9.17) is 45.4 Å². The zero-order valence-electron chi connectivity index (χ0n) is 73.4. The molecule has 22 nitrogen and oxygen atoms in total. The highest BCUT2D eigenvalue weighted by atomic mass is 16.5. The van der Waals surface area contributed by atoms with Gasteiger partial charge in [0.2, 0.25) is 11.8 Å². The Morgan fingerprint density at radius 1 is 0.403 bits per heavy atom. The van der Waals surface area contributed by atoms with Crippen molar-refractivity contribution >= 4 is 60.9 Å². The van der Waals surface area contributed by atoms with Crippen LogP contribution in [0.4, 0.5) is 0 Å². The molecular weight excluding hydrogens is 1610 g/mol. The quantitative estimate of drug-likeness (QED) is 0.0223. The molecule has 0 spiro atoms. The van der Waals surface area contributed by atoms with Gasteiger partial charge < -0.3 is 59.9 Å². The maximum absolute atomic E-state index is 13.5.